The summed E-state index contributed by atoms with van der Waals surface area (Å²) in [5, 5.41) is 20.9. The second-order valence-electron chi connectivity index (χ2n) is 1.49. The maximum absolute atomic E-state index is 10.8. The second-order valence-corrected chi connectivity index (χ2v) is 1.88. The van der Waals surface area contributed by atoms with E-state index in [2.05, 4.69) is 22.2 Å². The van der Waals surface area contributed by atoms with Crippen molar-refractivity contribution < 1.29 is 14.7 Å². The maximum Gasteiger partial charge on any atom is 0.291 e. The zero-order valence-corrected chi connectivity index (χ0v) is 6.88. The van der Waals surface area contributed by atoms with Crippen molar-refractivity contribution in [1.29, 1.82) is 5.26 Å². The molecule has 0 bridgehead atoms. The van der Waals surface area contributed by atoms with Crippen LogP contribution >= 0.6 is 12.2 Å². The molecule has 7 heteroatoms. The van der Waals surface area contributed by atoms with Crippen LogP contribution in [0.2, 0.25) is 0 Å². The van der Waals surface area contributed by atoms with Crippen LogP contribution in [-0.4, -0.2) is 29.0 Å². The molecule has 0 fully saturated rings. The number of oxime groups is 1. The zero-order valence-electron chi connectivity index (χ0n) is 6.07. The molecular weight excluding hydrogens is 182 g/mol. The molecule has 0 aromatic heterocycles. The van der Waals surface area contributed by atoms with Crippen LogP contribution in [0.15, 0.2) is 5.16 Å². The number of amides is 1. The highest BCUT2D eigenvalue weighted by molar-refractivity contribution is 7.80. The molecule has 0 atom stereocenters. The Bertz CT molecular complexity index is 268. The van der Waals surface area contributed by atoms with Crippen molar-refractivity contribution in [2.45, 2.75) is 0 Å². The summed E-state index contributed by atoms with van der Waals surface area (Å²) in [6, 6.07) is 1.45. The van der Waals surface area contributed by atoms with Gasteiger partial charge in [0.15, 0.2) is 0 Å². The first-order valence-corrected chi connectivity index (χ1v) is 3.08. The third-order valence-corrected chi connectivity index (χ3v) is 0.826. The van der Waals surface area contributed by atoms with Gasteiger partial charge in [0.1, 0.15) is 13.2 Å². The number of nitrogens with one attached hydrogen (secondary N) is 1. The van der Waals surface area contributed by atoms with E-state index in [1.807, 2.05) is 0 Å². The molecule has 0 rings (SSSR count). The number of carbonyl (C=O) groups is 1. The number of aliphatic hydroxyl groups excluding tert-OH is 1. The van der Waals surface area contributed by atoms with E-state index in [0.29, 0.717) is 0 Å². The van der Waals surface area contributed by atoms with Gasteiger partial charge in [-0.2, -0.15) is 5.26 Å². The van der Waals surface area contributed by atoms with Gasteiger partial charge in [-0.15, -0.1) is 0 Å². The van der Waals surface area contributed by atoms with Crippen LogP contribution in [0.5, 0.6) is 0 Å². The van der Waals surface area contributed by atoms with Crippen LogP contribution in [0.4, 0.5) is 0 Å². The van der Waals surface area contributed by atoms with Gasteiger partial charge in [0, 0.05) is 0 Å². The van der Waals surface area contributed by atoms with Crippen molar-refractivity contribution >= 4 is 29.0 Å². The van der Waals surface area contributed by atoms with Gasteiger partial charge in [0.25, 0.3) is 11.1 Å². The molecule has 0 heterocycles. The first kappa shape index (κ1) is 10.3. The number of carbonyl (C=O) groups excluding carboxylic acids is 1. The Morgan fingerprint density at radius 2 is 2.42 bits per heavy atom. The molecule has 0 aliphatic heterocycles. The number of hydrogen-bond donors (Lipinski definition) is 2. The average molecular weight is 187 g/mol. The van der Waals surface area contributed by atoms with E-state index in [1.54, 1.807) is 5.32 Å². The molecule has 0 aliphatic rings. The van der Waals surface area contributed by atoms with Crippen LogP contribution in [0, 0.1) is 11.3 Å². The Morgan fingerprint density at radius 1 is 1.83 bits per heavy atom. The first-order valence-electron chi connectivity index (χ1n) is 2.67. The van der Waals surface area contributed by atoms with Crippen molar-refractivity contribution in [3.05, 3.63) is 0 Å². The normalized spacial score (nSPS) is 9.83. The van der Waals surface area contributed by atoms with Crippen LogP contribution < -0.4 is 5.32 Å². The van der Waals surface area contributed by atoms with E-state index < -0.39 is 16.8 Å². The SMILES string of the molecule is CON=C(C#N)C(=O)NC(O)=S. The predicted octanol–water partition coefficient (Wildman–Crippen LogP) is -0.529. The molecular formula is C5H5N3O3S. The minimum atomic E-state index is -0.910. The molecule has 0 radical (unpaired) electrons. The van der Waals surface area contributed by atoms with E-state index in [4.69, 9.17) is 10.4 Å². The Balaban J connectivity index is 4.36. The van der Waals surface area contributed by atoms with Crippen molar-refractivity contribution in [3.63, 3.8) is 0 Å². The van der Waals surface area contributed by atoms with E-state index >= 15 is 0 Å². The summed E-state index contributed by atoms with van der Waals surface area (Å²) in [6.45, 7) is 0. The number of hydrogen-bond acceptors (Lipinski definition) is 5. The van der Waals surface area contributed by atoms with Gasteiger partial charge in [0.2, 0.25) is 5.71 Å². The monoisotopic (exact) mass is 187 g/mol. The van der Waals surface area contributed by atoms with Gasteiger partial charge in [-0.1, -0.05) is 5.16 Å². The fraction of sp³-hybridized carbons (Fsp3) is 0.200. The topological polar surface area (TPSA) is 94.7 Å². The minimum Gasteiger partial charge on any atom is -0.486 e. The summed E-state index contributed by atoms with van der Waals surface area (Å²) in [6.07, 6.45) is 0. The molecule has 64 valence electrons. The summed E-state index contributed by atoms with van der Waals surface area (Å²) in [4.78, 5) is 15.0. The van der Waals surface area contributed by atoms with Crippen LogP contribution in [0.1, 0.15) is 0 Å². The van der Waals surface area contributed by atoms with Gasteiger partial charge >= 0.3 is 0 Å². The fourth-order valence-electron chi connectivity index (χ4n) is 0.360. The molecule has 0 aromatic carbocycles. The Labute approximate surface area is 73.4 Å². The average Bonchev–Trinajstić information content (AvgIpc) is 1.98. The van der Waals surface area contributed by atoms with Crippen LogP contribution in [-0.2, 0) is 9.63 Å². The standard InChI is InChI=1S/C5H5N3O3S/c1-11-8-3(2-6)4(9)7-5(10)12/h1H3,(H2,7,9,10,12). The zero-order chi connectivity index (χ0) is 9.56. The van der Waals surface area contributed by atoms with Gasteiger partial charge in [-0.25, -0.2) is 0 Å². The van der Waals surface area contributed by atoms with E-state index in [0.717, 1.165) is 0 Å². The van der Waals surface area contributed by atoms with Gasteiger partial charge in [-0.3, -0.25) is 10.1 Å². The van der Waals surface area contributed by atoms with Crippen molar-refractivity contribution in [1.82, 2.24) is 5.32 Å². The third-order valence-electron chi connectivity index (χ3n) is 0.724. The largest absolute Gasteiger partial charge is 0.486 e. The van der Waals surface area contributed by atoms with Crippen LogP contribution in [0.3, 0.4) is 0 Å². The lowest BCUT2D eigenvalue weighted by molar-refractivity contribution is -0.113. The molecule has 12 heavy (non-hydrogen) atoms. The minimum absolute atomic E-state index is 0.520. The van der Waals surface area contributed by atoms with E-state index in [1.165, 1.54) is 13.2 Å². The lowest BCUT2D eigenvalue weighted by atomic mass is 10.4. The van der Waals surface area contributed by atoms with Crippen molar-refractivity contribution in [3.8, 4) is 6.07 Å². The predicted molar refractivity (Wildman–Crippen MR) is 43.4 cm³/mol. The van der Waals surface area contributed by atoms with Gasteiger partial charge in [-0.05, 0) is 12.2 Å². The second kappa shape index (κ2) is 5.03. The summed E-state index contributed by atoms with van der Waals surface area (Å²) in [5.74, 6) is -0.910. The molecule has 0 unspecified atom stereocenters. The molecule has 2 N–H and O–H groups in total. The molecule has 0 saturated heterocycles. The molecule has 0 aliphatic carbocycles. The number of nitrogens with zero attached hydrogens (tertiary/aromatic N) is 2. The molecule has 0 aromatic rings. The quantitative estimate of drug-likeness (QED) is 0.344. The van der Waals surface area contributed by atoms with Crippen molar-refractivity contribution in [2.24, 2.45) is 5.16 Å². The van der Waals surface area contributed by atoms with Gasteiger partial charge in [0.05, 0.1) is 0 Å². The van der Waals surface area contributed by atoms with Crippen molar-refractivity contribution in [2.75, 3.05) is 7.11 Å². The molecule has 0 spiro atoms. The molecule has 1 amide bonds. The third kappa shape index (κ3) is 3.48. The van der Waals surface area contributed by atoms with Crippen LogP contribution in [0.25, 0.3) is 0 Å². The maximum atomic E-state index is 10.8. The van der Waals surface area contributed by atoms with Gasteiger partial charge < -0.3 is 9.94 Å². The summed E-state index contributed by atoms with van der Waals surface area (Å²) < 4.78 is 0. The Kier molecular flexibility index (Phi) is 4.33. The number of aliphatic hydroxyl groups is 1. The number of rotatable bonds is 2. The number of nitriles is 1. The summed E-state index contributed by atoms with van der Waals surface area (Å²) in [7, 11) is 1.18. The van der Waals surface area contributed by atoms with E-state index in [-0.39, 0.29) is 0 Å². The first-order chi connectivity index (χ1) is 5.61. The highest BCUT2D eigenvalue weighted by atomic mass is 32.1. The Hall–Kier alpha value is -1.68. The molecule has 0 saturated carbocycles. The molecule has 6 nitrogen and oxygen atoms in total. The highest BCUT2D eigenvalue weighted by Crippen LogP contribution is 1.79. The lowest BCUT2D eigenvalue weighted by Crippen LogP contribution is -2.34. The smallest absolute Gasteiger partial charge is 0.291 e. The summed E-state index contributed by atoms with van der Waals surface area (Å²) in [5.41, 5.74) is -0.520. The lowest BCUT2D eigenvalue weighted by Gasteiger charge is -1.96. The fourth-order valence-corrected chi connectivity index (χ4v) is 0.453. The van der Waals surface area contributed by atoms with E-state index in [9.17, 15) is 4.79 Å². The number of thiocarbonyl (C=S) groups is 1. The Morgan fingerprint density at radius 3 is 2.75 bits per heavy atom. The highest BCUT2D eigenvalue weighted by Gasteiger charge is 2.12. The summed E-state index contributed by atoms with van der Waals surface area (Å²) >= 11 is 4.14.